The van der Waals surface area contributed by atoms with Crippen molar-refractivity contribution in [3.63, 3.8) is 0 Å². The molecule has 1 amide bonds. The Morgan fingerprint density at radius 3 is 2.54 bits per heavy atom. The van der Waals surface area contributed by atoms with Gasteiger partial charge in [0.15, 0.2) is 6.61 Å². The van der Waals surface area contributed by atoms with Crippen molar-refractivity contribution in [1.82, 2.24) is 4.31 Å². The van der Waals surface area contributed by atoms with Gasteiger partial charge in [0.2, 0.25) is 10.0 Å². The van der Waals surface area contributed by atoms with E-state index in [9.17, 15) is 18.0 Å². The molecule has 1 aliphatic heterocycles. The first kappa shape index (κ1) is 20.4. The number of amides is 1. The standard InChI is InChI=1S/C17H21ClN2O5S/c1-12(2)9-17(22)25-11-16(21)19-15-10-13(5-6-14(15)18)26(23,24)20-7-3-4-8-20/h5-6,9-10H,3-4,7-8,11H2,1-2H3,(H,19,21). The van der Waals surface area contributed by atoms with Crippen molar-refractivity contribution in [3.8, 4) is 0 Å². The van der Waals surface area contributed by atoms with Gasteiger partial charge in [0.25, 0.3) is 5.91 Å². The van der Waals surface area contributed by atoms with Crippen LogP contribution in [-0.4, -0.2) is 44.3 Å². The van der Waals surface area contributed by atoms with Crippen LogP contribution in [-0.2, 0) is 24.3 Å². The molecule has 0 atom stereocenters. The Bertz CT molecular complexity index is 826. The largest absolute Gasteiger partial charge is 0.452 e. The van der Waals surface area contributed by atoms with E-state index in [2.05, 4.69) is 5.32 Å². The molecule has 0 unspecified atom stereocenters. The lowest BCUT2D eigenvalue weighted by Crippen LogP contribution is -2.28. The number of esters is 1. The van der Waals surface area contributed by atoms with Crippen molar-refractivity contribution in [2.45, 2.75) is 31.6 Å². The number of ether oxygens (including phenoxy) is 1. The maximum atomic E-state index is 12.6. The lowest BCUT2D eigenvalue weighted by atomic mass is 10.3. The molecule has 1 saturated heterocycles. The third kappa shape index (κ3) is 5.30. The number of hydrogen-bond donors (Lipinski definition) is 1. The highest BCUT2D eigenvalue weighted by Crippen LogP contribution is 2.28. The molecular weight excluding hydrogens is 380 g/mol. The van der Waals surface area contributed by atoms with Crippen LogP contribution in [0.2, 0.25) is 5.02 Å². The maximum absolute atomic E-state index is 12.6. The highest BCUT2D eigenvalue weighted by atomic mass is 35.5. The van der Waals surface area contributed by atoms with Gasteiger partial charge >= 0.3 is 5.97 Å². The molecule has 0 radical (unpaired) electrons. The fourth-order valence-electron chi connectivity index (χ4n) is 2.44. The van der Waals surface area contributed by atoms with Crippen LogP contribution >= 0.6 is 11.6 Å². The zero-order valence-electron chi connectivity index (χ0n) is 14.6. The van der Waals surface area contributed by atoms with Crippen LogP contribution in [0.4, 0.5) is 5.69 Å². The zero-order valence-corrected chi connectivity index (χ0v) is 16.2. The second-order valence-electron chi connectivity index (χ2n) is 6.13. The number of halogens is 1. The number of carbonyl (C=O) groups excluding carboxylic acids is 2. The van der Waals surface area contributed by atoms with E-state index in [-0.39, 0.29) is 15.6 Å². The van der Waals surface area contributed by atoms with E-state index in [1.807, 2.05) is 0 Å². The second kappa shape index (κ2) is 8.66. The van der Waals surface area contributed by atoms with E-state index < -0.39 is 28.5 Å². The molecule has 0 aromatic heterocycles. The van der Waals surface area contributed by atoms with Gasteiger partial charge in [0.05, 0.1) is 15.6 Å². The number of benzene rings is 1. The highest BCUT2D eigenvalue weighted by Gasteiger charge is 2.27. The molecule has 1 aliphatic rings. The summed E-state index contributed by atoms with van der Waals surface area (Å²) in [4.78, 5) is 23.4. The Labute approximate surface area is 158 Å². The Kier molecular flexibility index (Phi) is 6.80. The first-order chi connectivity index (χ1) is 12.2. The van der Waals surface area contributed by atoms with Gasteiger partial charge in [0.1, 0.15) is 0 Å². The zero-order chi connectivity index (χ0) is 19.3. The van der Waals surface area contributed by atoms with Gasteiger partial charge in [0, 0.05) is 19.2 Å². The van der Waals surface area contributed by atoms with Crippen molar-refractivity contribution >= 4 is 39.2 Å². The molecule has 7 nitrogen and oxygen atoms in total. The van der Waals surface area contributed by atoms with Crippen molar-refractivity contribution < 1.29 is 22.7 Å². The number of rotatable bonds is 6. The van der Waals surface area contributed by atoms with Crippen molar-refractivity contribution in [1.29, 1.82) is 0 Å². The normalized spacial score (nSPS) is 14.7. The van der Waals surface area contributed by atoms with E-state index in [0.29, 0.717) is 13.1 Å². The van der Waals surface area contributed by atoms with Gasteiger partial charge in [-0.3, -0.25) is 4.79 Å². The predicted molar refractivity (Wildman–Crippen MR) is 98.5 cm³/mol. The van der Waals surface area contributed by atoms with Crippen LogP contribution in [0, 0.1) is 0 Å². The summed E-state index contributed by atoms with van der Waals surface area (Å²) >= 11 is 6.04. The fourth-order valence-corrected chi connectivity index (χ4v) is 4.15. The minimum atomic E-state index is -3.62. The van der Waals surface area contributed by atoms with Gasteiger partial charge in [-0.1, -0.05) is 17.2 Å². The van der Waals surface area contributed by atoms with E-state index in [0.717, 1.165) is 18.4 Å². The molecule has 0 bridgehead atoms. The van der Waals surface area contributed by atoms with Crippen LogP contribution in [0.5, 0.6) is 0 Å². The Morgan fingerprint density at radius 1 is 1.27 bits per heavy atom. The molecule has 1 heterocycles. The minimum Gasteiger partial charge on any atom is -0.452 e. The van der Waals surface area contributed by atoms with E-state index in [4.69, 9.17) is 16.3 Å². The number of nitrogens with one attached hydrogen (secondary N) is 1. The number of carbonyl (C=O) groups is 2. The van der Waals surface area contributed by atoms with Crippen LogP contribution < -0.4 is 5.32 Å². The topological polar surface area (TPSA) is 92.8 Å². The maximum Gasteiger partial charge on any atom is 0.331 e. The Morgan fingerprint density at radius 2 is 1.92 bits per heavy atom. The monoisotopic (exact) mass is 400 g/mol. The quantitative estimate of drug-likeness (QED) is 0.585. The lowest BCUT2D eigenvalue weighted by molar-refractivity contribution is -0.142. The second-order valence-corrected chi connectivity index (χ2v) is 8.48. The molecule has 1 fully saturated rings. The van der Waals surface area contributed by atoms with Crippen LogP contribution in [0.3, 0.4) is 0 Å². The third-order valence-corrected chi connectivity index (χ3v) is 5.89. The summed E-state index contributed by atoms with van der Waals surface area (Å²) in [5.41, 5.74) is 0.897. The number of sulfonamides is 1. The molecule has 9 heteroatoms. The van der Waals surface area contributed by atoms with Gasteiger partial charge in [-0.2, -0.15) is 4.31 Å². The molecule has 1 aromatic rings. The first-order valence-electron chi connectivity index (χ1n) is 8.11. The molecule has 1 N–H and O–H groups in total. The van der Waals surface area contributed by atoms with Gasteiger partial charge in [-0.15, -0.1) is 0 Å². The van der Waals surface area contributed by atoms with Crippen LogP contribution in [0.15, 0.2) is 34.7 Å². The summed E-state index contributed by atoms with van der Waals surface area (Å²) in [5.74, 6) is -1.24. The van der Waals surface area contributed by atoms with E-state index >= 15 is 0 Å². The average molecular weight is 401 g/mol. The summed E-state index contributed by atoms with van der Waals surface area (Å²) in [5, 5.41) is 2.66. The van der Waals surface area contributed by atoms with Crippen molar-refractivity contribution in [3.05, 3.63) is 34.9 Å². The van der Waals surface area contributed by atoms with Gasteiger partial charge in [-0.05, 0) is 44.9 Å². The first-order valence-corrected chi connectivity index (χ1v) is 9.93. The van der Waals surface area contributed by atoms with Crippen molar-refractivity contribution in [2.24, 2.45) is 0 Å². The molecule has 26 heavy (non-hydrogen) atoms. The summed E-state index contributed by atoms with van der Waals surface area (Å²) in [7, 11) is -3.62. The molecule has 0 aliphatic carbocycles. The van der Waals surface area contributed by atoms with E-state index in [1.165, 1.54) is 28.6 Å². The molecule has 0 spiro atoms. The molecule has 2 rings (SSSR count). The summed E-state index contributed by atoms with van der Waals surface area (Å²) in [6.07, 6.45) is 2.92. The molecule has 142 valence electrons. The Balaban J connectivity index is 2.09. The third-order valence-electron chi connectivity index (χ3n) is 3.67. The SMILES string of the molecule is CC(C)=CC(=O)OCC(=O)Nc1cc(S(=O)(=O)N2CCCC2)ccc1Cl. The molecule has 0 saturated carbocycles. The highest BCUT2D eigenvalue weighted by molar-refractivity contribution is 7.89. The number of nitrogens with zero attached hydrogens (tertiary/aromatic N) is 1. The lowest BCUT2D eigenvalue weighted by Gasteiger charge is -2.16. The molecule has 1 aromatic carbocycles. The summed E-state index contributed by atoms with van der Waals surface area (Å²) in [6.45, 7) is 3.92. The van der Waals surface area contributed by atoms with Crippen LogP contribution in [0.25, 0.3) is 0 Å². The minimum absolute atomic E-state index is 0.0561. The fraction of sp³-hybridized carbons (Fsp3) is 0.412. The smallest absolute Gasteiger partial charge is 0.331 e. The van der Waals surface area contributed by atoms with E-state index in [1.54, 1.807) is 13.8 Å². The van der Waals surface area contributed by atoms with Crippen LogP contribution in [0.1, 0.15) is 26.7 Å². The summed E-state index contributed by atoms with van der Waals surface area (Å²) < 4.78 is 31.4. The van der Waals surface area contributed by atoms with Gasteiger partial charge in [-0.25, -0.2) is 13.2 Å². The van der Waals surface area contributed by atoms with Crippen molar-refractivity contribution in [2.75, 3.05) is 25.0 Å². The molecular formula is C17H21ClN2O5S. The Hall–Kier alpha value is -1.90. The predicted octanol–water partition coefficient (Wildman–Crippen LogP) is 2.57. The van der Waals surface area contributed by atoms with Gasteiger partial charge < -0.3 is 10.1 Å². The number of allylic oxidation sites excluding steroid dienone is 1. The number of anilines is 1. The average Bonchev–Trinajstić information content (AvgIpc) is 3.09. The number of hydrogen-bond acceptors (Lipinski definition) is 5. The summed E-state index contributed by atoms with van der Waals surface area (Å²) in [6, 6.07) is 4.13.